The fraction of sp³-hybridized carbons (Fsp3) is 0. The number of tetrazole rings is 1. The average Bonchev–Trinajstić information content (AvgIpc) is 2.36. The number of rotatable bonds is 0. The lowest BCUT2D eigenvalue weighted by Crippen LogP contribution is -2.11. The van der Waals surface area contributed by atoms with Gasteiger partial charge in [0, 0.05) is 0 Å². The Hall–Kier alpha value is -1.65. The molecule has 5 nitrogen and oxygen atoms in total. The summed E-state index contributed by atoms with van der Waals surface area (Å²) in [7, 11) is 0. The van der Waals surface area contributed by atoms with E-state index in [1.54, 1.807) is 6.07 Å². The molecule has 0 unspecified atom stereocenters. The first-order valence-electron chi connectivity index (χ1n) is 2.69. The van der Waals surface area contributed by atoms with Gasteiger partial charge in [0.1, 0.15) is 0 Å². The van der Waals surface area contributed by atoms with Crippen LogP contribution in [0.1, 0.15) is 0 Å². The lowest BCUT2D eigenvalue weighted by molar-refractivity contribution is 0.803. The maximum Gasteiger partial charge on any atom is 0.282 e. The topological polar surface area (TPSA) is 63.0 Å². The van der Waals surface area contributed by atoms with E-state index in [9.17, 15) is 4.79 Å². The van der Waals surface area contributed by atoms with Gasteiger partial charge in [-0.15, -0.1) is 0 Å². The fourth-order valence-electron chi connectivity index (χ4n) is 0.725. The molecular weight excluding hydrogens is 132 g/mol. The van der Waals surface area contributed by atoms with Crippen LogP contribution in [0.3, 0.4) is 0 Å². The third kappa shape index (κ3) is 0.540. The molecule has 0 bridgehead atoms. The quantitative estimate of drug-likeness (QED) is 0.515. The van der Waals surface area contributed by atoms with E-state index in [2.05, 4.69) is 21.6 Å². The molecule has 1 N–H and O–H groups in total. The molecule has 2 rings (SSSR count). The van der Waals surface area contributed by atoms with Gasteiger partial charge in [-0.25, -0.2) is 5.10 Å². The van der Waals surface area contributed by atoms with Crippen LogP contribution in [0.2, 0.25) is 0 Å². The molecule has 5 heteroatoms. The molecular formula is C5H3N4O. The summed E-state index contributed by atoms with van der Waals surface area (Å²) < 4.78 is 1.14. The molecule has 0 aromatic carbocycles. The SMILES string of the molecule is O=c1[c]ccc2[nH]nnn12. The molecule has 2 aromatic heterocycles. The van der Waals surface area contributed by atoms with E-state index in [0.717, 1.165) is 4.52 Å². The summed E-state index contributed by atoms with van der Waals surface area (Å²) in [4.78, 5) is 10.8. The van der Waals surface area contributed by atoms with Crippen molar-refractivity contribution in [1.82, 2.24) is 20.0 Å². The predicted octanol–water partition coefficient (Wildman–Crippen LogP) is -0.782. The van der Waals surface area contributed by atoms with Crippen LogP contribution in [0.5, 0.6) is 0 Å². The maximum absolute atomic E-state index is 10.8. The van der Waals surface area contributed by atoms with Crippen molar-refractivity contribution in [2.45, 2.75) is 0 Å². The standard InChI is InChI=1S/C5H3N4O/c10-5-3-1-2-4-6-7-8-9(4)5/h1-2H,(H,6,8). The maximum atomic E-state index is 10.8. The van der Waals surface area contributed by atoms with Crippen LogP contribution in [0.4, 0.5) is 0 Å². The first-order chi connectivity index (χ1) is 4.88. The largest absolute Gasteiger partial charge is 0.282 e. The number of aromatic amines is 1. The molecule has 0 spiro atoms. The lowest BCUT2D eigenvalue weighted by Gasteiger charge is -1.82. The average molecular weight is 135 g/mol. The molecule has 0 amide bonds. The van der Waals surface area contributed by atoms with Crippen LogP contribution in [-0.2, 0) is 0 Å². The predicted molar refractivity (Wildman–Crippen MR) is 32.4 cm³/mol. The number of aromatic nitrogens is 4. The molecule has 0 saturated heterocycles. The second kappa shape index (κ2) is 1.66. The molecule has 0 fully saturated rings. The number of hydrogen-bond donors (Lipinski definition) is 1. The molecule has 0 aliphatic carbocycles. The van der Waals surface area contributed by atoms with Gasteiger partial charge in [0.25, 0.3) is 5.56 Å². The van der Waals surface area contributed by atoms with Gasteiger partial charge in [-0.2, -0.15) is 4.52 Å². The minimum atomic E-state index is -0.300. The highest BCUT2D eigenvalue weighted by molar-refractivity contribution is 5.32. The van der Waals surface area contributed by atoms with E-state index in [1.165, 1.54) is 6.07 Å². The summed E-state index contributed by atoms with van der Waals surface area (Å²) in [5.41, 5.74) is 0.273. The molecule has 0 aliphatic rings. The molecule has 2 heterocycles. The van der Waals surface area contributed by atoms with Crippen LogP contribution < -0.4 is 5.56 Å². The number of H-pyrrole nitrogens is 1. The Kier molecular flexibility index (Phi) is 0.858. The molecule has 0 atom stereocenters. The van der Waals surface area contributed by atoms with E-state index in [4.69, 9.17) is 0 Å². The van der Waals surface area contributed by atoms with Crippen LogP contribution in [0.25, 0.3) is 5.65 Å². The third-order valence-electron chi connectivity index (χ3n) is 1.17. The van der Waals surface area contributed by atoms with Crippen LogP contribution in [-0.4, -0.2) is 20.0 Å². The minimum Gasteiger partial charge on any atom is -0.267 e. The summed E-state index contributed by atoms with van der Waals surface area (Å²) in [5, 5.41) is 9.46. The van der Waals surface area contributed by atoms with E-state index in [0.29, 0.717) is 5.65 Å². The van der Waals surface area contributed by atoms with E-state index in [-0.39, 0.29) is 5.56 Å². The van der Waals surface area contributed by atoms with Gasteiger partial charge in [-0.3, -0.25) is 4.79 Å². The smallest absolute Gasteiger partial charge is 0.267 e. The monoisotopic (exact) mass is 135 g/mol. The van der Waals surface area contributed by atoms with E-state index >= 15 is 0 Å². The Labute approximate surface area is 55.3 Å². The minimum absolute atomic E-state index is 0.300. The van der Waals surface area contributed by atoms with Crippen LogP contribution in [0.15, 0.2) is 16.9 Å². The zero-order valence-electron chi connectivity index (χ0n) is 4.90. The first-order valence-corrected chi connectivity index (χ1v) is 2.69. The van der Waals surface area contributed by atoms with E-state index < -0.39 is 0 Å². The second-order valence-electron chi connectivity index (χ2n) is 1.78. The normalized spacial score (nSPS) is 10.4. The van der Waals surface area contributed by atoms with Crippen molar-refractivity contribution in [3.8, 4) is 0 Å². The van der Waals surface area contributed by atoms with Gasteiger partial charge in [0.15, 0.2) is 5.65 Å². The summed E-state index contributed by atoms with van der Waals surface area (Å²) >= 11 is 0. The first kappa shape index (κ1) is 5.16. The highest BCUT2D eigenvalue weighted by atomic mass is 16.1. The van der Waals surface area contributed by atoms with Crippen molar-refractivity contribution >= 4 is 5.65 Å². The Bertz CT molecular complexity index is 401. The Morgan fingerprint density at radius 1 is 1.70 bits per heavy atom. The van der Waals surface area contributed by atoms with Gasteiger partial charge >= 0.3 is 0 Å². The number of hydrogen-bond acceptors (Lipinski definition) is 3. The van der Waals surface area contributed by atoms with Crippen molar-refractivity contribution in [1.29, 1.82) is 0 Å². The number of nitrogens with zero attached hydrogens (tertiary/aromatic N) is 3. The van der Waals surface area contributed by atoms with Crippen molar-refractivity contribution in [3.05, 3.63) is 28.6 Å². The van der Waals surface area contributed by atoms with Crippen molar-refractivity contribution in [2.75, 3.05) is 0 Å². The third-order valence-corrected chi connectivity index (χ3v) is 1.17. The van der Waals surface area contributed by atoms with Crippen LogP contribution >= 0.6 is 0 Å². The molecule has 0 saturated carbocycles. The highest BCUT2D eigenvalue weighted by Gasteiger charge is 1.94. The van der Waals surface area contributed by atoms with Gasteiger partial charge < -0.3 is 0 Å². The van der Waals surface area contributed by atoms with Crippen molar-refractivity contribution in [3.63, 3.8) is 0 Å². The highest BCUT2D eigenvalue weighted by Crippen LogP contribution is 1.86. The Balaban J connectivity index is 3.09. The molecule has 1 radical (unpaired) electrons. The summed E-state index contributed by atoms with van der Waals surface area (Å²) in [5.74, 6) is 0. The summed E-state index contributed by atoms with van der Waals surface area (Å²) in [6.07, 6.45) is 0. The number of nitrogens with one attached hydrogen (secondary N) is 1. The zero-order chi connectivity index (χ0) is 6.97. The number of pyridine rings is 1. The lowest BCUT2D eigenvalue weighted by atomic mass is 10.5. The molecule has 2 aromatic rings. The van der Waals surface area contributed by atoms with E-state index in [1.807, 2.05) is 0 Å². The number of fused-ring (bicyclic) bond motifs is 1. The molecule has 0 aliphatic heterocycles. The van der Waals surface area contributed by atoms with Gasteiger partial charge in [0.2, 0.25) is 0 Å². The Morgan fingerprint density at radius 3 is 3.40 bits per heavy atom. The molecule has 10 heavy (non-hydrogen) atoms. The molecule has 49 valence electrons. The Morgan fingerprint density at radius 2 is 2.60 bits per heavy atom. The fourth-order valence-corrected chi connectivity index (χ4v) is 0.725. The van der Waals surface area contributed by atoms with Gasteiger partial charge in [-0.1, -0.05) is 0 Å². The summed E-state index contributed by atoms with van der Waals surface area (Å²) in [6.45, 7) is 0. The van der Waals surface area contributed by atoms with Crippen molar-refractivity contribution < 1.29 is 0 Å². The second-order valence-corrected chi connectivity index (χ2v) is 1.78. The summed E-state index contributed by atoms with van der Waals surface area (Å²) in [6, 6.07) is 5.64. The van der Waals surface area contributed by atoms with Gasteiger partial charge in [0.05, 0.1) is 6.07 Å². The van der Waals surface area contributed by atoms with Crippen molar-refractivity contribution in [2.24, 2.45) is 0 Å². The van der Waals surface area contributed by atoms with Crippen LogP contribution in [0, 0.1) is 6.07 Å². The zero-order valence-corrected chi connectivity index (χ0v) is 4.90. The van der Waals surface area contributed by atoms with Gasteiger partial charge in [-0.05, 0) is 22.6 Å².